The van der Waals surface area contributed by atoms with E-state index >= 15 is 0 Å². The number of ether oxygens (including phenoxy) is 1. The van der Waals surface area contributed by atoms with E-state index in [0.717, 1.165) is 17.2 Å². The highest BCUT2D eigenvalue weighted by molar-refractivity contribution is 6.30. The zero-order valence-electron chi connectivity index (χ0n) is 14.0. The van der Waals surface area contributed by atoms with Crippen LogP contribution in [0.3, 0.4) is 0 Å². The number of amides is 2. The molecule has 5 nitrogen and oxygen atoms in total. The summed E-state index contributed by atoms with van der Waals surface area (Å²) in [6, 6.07) is 9.16. The largest absolute Gasteiger partial charge is 0.481 e. The number of carbonyl (C=O) groups excluding carboxylic acids is 2. The lowest BCUT2D eigenvalue weighted by Gasteiger charge is -2.17. The molecule has 0 radical (unpaired) electrons. The number of aryl methyl sites for hydroxylation is 1. The first-order valence-corrected chi connectivity index (χ1v) is 7.95. The molecule has 0 saturated carbocycles. The molecule has 0 aliphatic heterocycles. The Hall–Kier alpha value is -2.60. The summed E-state index contributed by atoms with van der Waals surface area (Å²) in [5.74, 6) is -1.55. The molecular weight excluding hydrogens is 347 g/mol. The van der Waals surface area contributed by atoms with Crippen LogP contribution in [-0.4, -0.2) is 17.9 Å². The van der Waals surface area contributed by atoms with Crippen LogP contribution in [0.25, 0.3) is 0 Å². The first-order chi connectivity index (χ1) is 11.8. The van der Waals surface area contributed by atoms with E-state index < -0.39 is 23.7 Å². The average Bonchev–Trinajstić information content (AvgIpc) is 2.56. The van der Waals surface area contributed by atoms with Crippen molar-refractivity contribution in [3.8, 4) is 5.75 Å². The van der Waals surface area contributed by atoms with E-state index in [1.165, 1.54) is 12.1 Å². The monoisotopic (exact) mass is 364 g/mol. The van der Waals surface area contributed by atoms with E-state index in [2.05, 4.69) is 10.9 Å². The molecule has 2 N–H and O–H groups in total. The molecule has 0 fully saturated rings. The van der Waals surface area contributed by atoms with Crippen molar-refractivity contribution in [1.82, 2.24) is 10.9 Å². The third-order valence-corrected chi connectivity index (χ3v) is 3.94. The van der Waals surface area contributed by atoms with Gasteiger partial charge >= 0.3 is 0 Å². The molecule has 7 heteroatoms. The van der Waals surface area contributed by atoms with E-state index in [1.54, 1.807) is 13.0 Å². The van der Waals surface area contributed by atoms with Gasteiger partial charge in [0.05, 0.1) is 5.56 Å². The summed E-state index contributed by atoms with van der Waals surface area (Å²) in [5.41, 5.74) is 6.10. The minimum Gasteiger partial charge on any atom is -0.481 e. The fourth-order valence-electron chi connectivity index (χ4n) is 2.06. The Kier molecular flexibility index (Phi) is 5.98. The molecule has 0 aromatic heterocycles. The van der Waals surface area contributed by atoms with E-state index in [0.29, 0.717) is 5.75 Å². The first-order valence-electron chi connectivity index (χ1n) is 7.57. The van der Waals surface area contributed by atoms with Gasteiger partial charge in [-0.2, -0.15) is 0 Å². The maximum absolute atomic E-state index is 13.7. The van der Waals surface area contributed by atoms with E-state index in [4.69, 9.17) is 16.3 Å². The Morgan fingerprint density at radius 3 is 2.56 bits per heavy atom. The minimum absolute atomic E-state index is 0.175. The van der Waals surface area contributed by atoms with Gasteiger partial charge in [-0.3, -0.25) is 20.4 Å². The normalized spacial score (nSPS) is 11.6. The number of hydrazine groups is 1. The van der Waals surface area contributed by atoms with Gasteiger partial charge in [0.1, 0.15) is 11.6 Å². The molecule has 0 unspecified atom stereocenters. The summed E-state index contributed by atoms with van der Waals surface area (Å²) in [6.07, 6.45) is -0.851. The van der Waals surface area contributed by atoms with E-state index in [9.17, 15) is 14.0 Å². The third-order valence-electron chi connectivity index (χ3n) is 3.70. The van der Waals surface area contributed by atoms with Crippen LogP contribution in [0.5, 0.6) is 5.75 Å². The Morgan fingerprint density at radius 2 is 1.88 bits per heavy atom. The maximum Gasteiger partial charge on any atom is 0.279 e. The predicted molar refractivity (Wildman–Crippen MR) is 93.0 cm³/mol. The molecule has 0 saturated heterocycles. The maximum atomic E-state index is 13.7. The highest BCUT2D eigenvalue weighted by Gasteiger charge is 2.18. The molecule has 0 spiro atoms. The van der Waals surface area contributed by atoms with Crippen molar-refractivity contribution in [2.24, 2.45) is 0 Å². The van der Waals surface area contributed by atoms with Crippen LogP contribution in [0.1, 0.15) is 28.4 Å². The van der Waals surface area contributed by atoms with Crippen molar-refractivity contribution in [2.45, 2.75) is 26.9 Å². The summed E-state index contributed by atoms with van der Waals surface area (Å²) in [5, 5.41) is 0.175. The van der Waals surface area contributed by atoms with Crippen molar-refractivity contribution in [1.29, 1.82) is 0 Å². The molecular formula is C18H18ClFN2O3. The fraction of sp³-hybridized carbons (Fsp3) is 0.222. The fourth-order valence-corrected chi connectivity index (χ4v) is 2.22. The molecule has 132 valence electrons. The van der Waals surface area contributed by atoms with Gasteiger partial charge in [-0.1, -0.05) is 23.7 Å². The van der Waals surface area contributed by atoms with Crippen LogP contribution in [0.2, 0.25) is 5.02 Å². The summed E-state index contributed by atoms with van der Waals surface area (Å²) in [7, 11) is 0. The summed E-state index contributed by atoms with van der Waals surface area (Å²) in [6.45, 7) is 5.38. The van der Waals surface area contributed by atoms with Gasteiger partial charge in [0.2, 0.25) is 0 Å². The Bertz CT molecular complexity index is 811. The van der Waals surface area contributed by atoms with Crippen LogP contribution < -0.4 is 15.6 Å². The van der Waals surface area contributed by atoms with Gasteiger partial charge in [0.25, 0.3) is 11.8 Å². The van der Waals surface area contributed by atoms with Gasteiger partial charge < -0.3 is 4.74 Å². The van der Waals surface area contributed by atoms with Gasteiger partial charge in [-0.05, 0) is 56.2 Å². The van der Waals surface area contributed by atoms with Crippen LogP contribution in [0, 0.1) is 19.7 Å². The second-order valence-corrected chi connectivity index (χ2v) is 5.96. The quantitative estimate of drug-likeness (QED) is 0.818. The molecule has 0 aliphatic carbocycles. The van der Waals surface area contributed by atoms with Gasteiger partial charge in [-0.15, -0.1) is 0 Å². The number of benzene rings is 2. The zero-order chi connectivity index (χ0) is 18.6. The molecule has 2 aromatic carbocycles. The summed E-state index contributed by atoms with van der Waals surface area (Å²) in [4.78, 5) is 24.0. The lowest BCUT2D eigenvalue weighted by Crippen LogP contribution is -2.47. The standard InChI is InChI=1S/C18H18ClFN2O3/c1-10-5-4-6-16(11(10)2)25-12(3)17(23)21-22-18(24)14-8-7-13(19)9-15(14)20/h4-9,12H,1-3H3,(H,21,23)(H,22,24)/t12-/m1/s1. The number of halogens is 2. The van der Waals surface area contributed by atoms with Gasteiger partial charge in [0.15, 0.2) is 6.10 Å². The Labute approximate surface area is 150 Å². The smallest absolute Gasteiger partial charge is 0.279 e. The van der Waals surface area contributed by atoms with Gasteiger partial charge in [-0.25, -0.2) is 4.39 Å². The molecule has 2 aromatic rings. The van der Waals surface area contributed by atoms with Gasteiger partial charge in [0, 0.05) is 5.02 Å². The SMILES string of the molecule is Cc1cccc(O[C@H](C)C(=O)NNC(=O)c2ccc(Cl)cc2F)c1C. The first kappa shape index (κ1) is 18.7. The second kappa shape index (κ2) is 7.98. The Balaban J connectivity index is 1.95. The molecule has 1 atom stereocenters. The highest BCUT2D eigenvalue weighted by Crippen LogP contribution is 2.21. The predicted octanol–water partition coefficient (Wildman–Crippen LogP) is 3.32. The lowest BCUT2D eigenvalue weighted by molar-refractivity contribution is -0.128. The molecule has 0 heterocycles. The second-order valence-electron chi connectivity index (χ2n) is 5.53. The van der Waals surface area contributed by atoms with Crippen molar-refractivity contribution in [2.75, 3.05) is 0 Å². The highest BCUT2D eigenvalue weighted by atomic mass is 35.5. The molecule has 2 amide bonds. The third kappa shape index (κ3) is 4.70. The Morgan fingerprint density at radius 1 is 1.16 bits per heavy atom. The topological polar surface area (TPSA) is 67.4 Å². The van der Waals surface area contributed by atoms with Crippen LogP contribution in [-0.2, 0) is 4.79 Å². The molecule has 0 aliphatic rings. The van der Waals surface area contributed by atoms with Crippen molar-refractivity contribution < 1.29 is 18.7 Å². The van der Waals surface area contributed by atoms with Crippen LogP contribution in [0.4, 0.5) is 4.39 Å². The number of rotatable bonds is 4. The molecule has 0 bridgehead atoms. The average molecular weight is 365 g/mol. The number of hydrogen-bond acceptors (Lipinski definition) is 3. The lowest BCUT2D eigenvalue weighted by atomic mass is 10.1. The van der Waals surface area contributed by atoms with Crippen molar-refractivity contribution >= 4 is 23.4 Å². The number of nitrogens with one attached hydrogen (secondary N) is 2. The number of hydrogen-bond donors (Lipinski definition) is 2. The van der Waals surface area contributed by atoms with Crippen LogP contribution in [0.15, 0.2) is 36.4 Å². The van der Waals surface area contributed by atoms with Crippen molar-refractivity contribution in [3.63, 3.8) is 0 Å². The molecule has 2 rings (SSSR count). The van der Waals surface area contributed by atoms with E-state index in [1.807, 2.05) is 26.0 Å². The van der Waals surface area contributed by atoms with E-state index in [-0.39, 0.29) is 10.6 Å². The minimum atomic E-state index is -0.851. The summed E-state index contributed by atoms with van der Waals surface area (Å²) >= 11 is 5.63. The van der Waals surface area contributed by atoms with Crippen LogP contribution >= 0.6 is 11.6 Å². The number of carbonyl (C=O) groups is 2. The van der Waals surface area contributed by atoms with Crippen molar-refractivity contribution in [3.05, 3.63) is 63.9 Å². The summed E-state index contributed by atoms with van der Waals surface area (Å²) < 4.78 is 19.3. The molecule has 25 heavy (non-hydrogen) atoms. The zero-order valence-corrected chi connectivity index (χ0v) is 14.8.